The van der Waals surface area contributed by atoms with Crippen molar-refractivity contribution in [1.82, 2.24) is 15.2 Å². The van der Waals surface area contributed by atoms with Gasteiger partial charge in [-0.05, 0) is 39.0 Å². The zero-order chi connectivity index (χ0) is 14.5. The summed E-state index contributed by atoms with van der Waals surface area (Å²) in [5.41, 5.74) is 6.63. The van der Waals surface area contributed by atoms with E-state index in [4.69, 9.17) is 15.2 Å². The van der Waals surface area contributed by atoms with Crippen molar-refractivity contribution in [2.24, 2.45) is 5.73 Å². The Labute approximate surface area is 118 Å². The Morgan fingerprint density at radius 2 is 1.90 bits per heavy atom. The standard InChI is InChI=1S/C14H20N4O2/c1-4-19-11-7-6-10(8-12(11)20-5-2)14-16-13(9(3)15)17-18-14/h6-9H,4-5,15H2,1-3H3,(H,16,17,18)/t9-/m0/s1. The molecule has 0 aliphatic heterocycles. The summed E-state index contributed by atoms with van der Waals surface area (Å²) in [4.78, 5) is 4.37. The van der Waals surface area contributed by atoms with Crippen LogP contribution in [0.2, 0.25) is 0 Å². The van der Waals surface area contributed by atoms with Crippen molar-refractivity contribution in [2.75, 3.05) is 13.2 Å². The van der Waals surface area contributed by atoms with Gasteiger partial charge in [0.05, 0.1) is 19.3 Å². The van der Waals surface area contributed by atoms with Gasteiger partial charge in [-0.3, -0.25) is 5.10 Å². The number of aromatic nitrogens is 3. The molecule has 6 nitrogen and oxygen atoms in total. The van der Waals surface area contributed by atoms with E-state index in [1.54, 1.807) is 0 Å². The van der Waals surface area contributed by atoms with Gasteiger partial charge in [0, 0.05) is 5.56 Å². The van der Waals surface area contributed by atoms with Gasteiger partial charge < -0.3 is 15.2 Å². The highest BCUT2D eigenvalue weighted by molar-refractivity contribution is 5.60. The van der Waals surface area contributed by atoms with Crippen molar-refractivity contribution in [3.05, 3.63) is 24.0 Å². The van der Waals surface area contributed by atoms with Crippen molar-refractivity contribution < 1.29 is 9.47 Å². The molecule has 1 aromatic heterocycles. The number of nitrogens with one attached hydrogen (secondary N) is 1. The summed E-state index contributed by atoms with van der Waals surface area (Å²) in [6, 6.07) is 5.47. The SMILES string of the molecule is CCOc1ccc(-c2n[nH]c([C@H](C)N)n2)cc1OCC. The fourth-order valence-corrected chi connectivity index (χ4v) is 1.80. The van der Waals surface area contributed by atoms with Crippen LogP contribution in [0.15, 0.2) is 18.2 Å². The summed E-state index contributed by atoms with van der Waals surface area (Å²) in [5, 5.41) is 7.01. The van der Waals surface area contributed by atoms with Crippen molar-refractivity contribution in [2.45, 2.75) is 26.8 Å². The molecule has 0 aliphatic rings. The van der Waals surface area contributed by atoms with Crippen LogP contribution in [0.5, 0.6) is 11.5 Å². The molecule has 0 radical (unpaired) electrons. The Hall–Kier alpha value is -2.08. The van der Waals surface area contributed by atoms with Gasteiger partial charge in [0.1, 0.15) is 5.82 Å². The van der Waals surface area contributed by atoms with E-state index in [-0.39, 0.29) is 6.04 Å². The summed E-state index contributed by atoms with van der Waals surface area (Å²) in [6.45, 7) is 6.89. The van der Waals surface area contributed by atoms with Crippen LogP contribution in [0.4, 0.5) is 0 Å². The molecular weight excluding hydrogens is 256 g/mol. The highest BCUT2D eigenvalue weighted by Crippen LogP contribution is 2.31. The molecule has 0 amide bonds. The second-order valence-corrected chi connectivity index (χ2v) is 4.36. The molecule has 0 bridgehead atoms. The number of nitrogens with two attached hydrogens (primary N) is 1. The first-order valence-corrected chi connectivity index (χ1v) is 6.73. The average Bonchev–Trinajstić information content (AvgIpc) is 2.91. The largest absolute Gasteiger partial charge is 0.490 e. The second kappa shape index (κ2) is 6.38. The van der Waals surface area contributed by atoms with E-state index in [0.29, 0.717) is 30.6 Å². The minimum absolute atomic E-state index is 0.176. The Morgan fingerprint density at radius 3 is 2.50 bits per heavy atom. The number of nitrogens with zero attached hydrogens (tertiary/aromatic N) is 2. The third kappa shape index (κ3) is 3.08. The van der Waals surface area contributed by atoms with Gasteiger partial charge in [-0.2, -0.15) is 5.10 Å². The Bertz CT molecular complexity index is 566. The number of H-pyrrole nitrogens is 1. The number of aromatic amines is 1. The highest BCUT2D eigenvalue weighted by atomic mass is 16.5. The number of rotatable bonds is 6. The predicted octanol–water partition coefficient (Wildman–Crippen LogP) is 2.29. The van der Waals surface area contributed by atoms with E-state index < -0.39 is 0 Å². The molecule has 108 valence electrons. The fourth-order valence-electron chi connectivity index (χ4n) is 1.80. The lowest BCUT2D eigenvalue weighted by molar-refractivity contribution is 0.288. The Morgan fingerprint density at radius 1 is 1.20 bits per heavy atom. The summed E-state index contributed by atoms with van der Waals surface area (Å²) < 4.78 is 11.1. The van der Waals surface area contributed by atoms with E-state index in [1.807, 2.05) is 39.0 Å². The molecule has 1 atom stereocenters. The first-order valence-electron chi connectivity index (χ1n) is 6.73. The molecule has 0 aliphatic carbocycles. The van der Waals surface area contributed by atoms with Gasteiger partial charge in [-0.25, -0.2) is 4.98 Å². The second-order valence-electron chi connectivity index (χ2n) is 4.36. The van der Waals surface area contributed by atoms with E-state index >= 15 is 0 Å². The lowest BCUT2D eigenvalue weighted by atomic mass is 10.2. The van der Waals surface area contributed by atoms with Crippen LogP contribution < -0.4 is 15.2 Å². The van der Waals surface area contributed by atoms with E-state index in [1.165, 1.54) is 0 Å². The maximum Gasteiger partial charge on any atom is 0.181 e. The zero-order valence-corrected chi connectivity index (χ0v) is 12.0. The molecule has 2 aromatic rings. The van der Waals surface area contributed by atoms with Crippen LogP contribution in [0, 0.1) is 0 Å². The number of hydrogen-bond donors (Lipinski definition) is 2. The van der Waals surface area contributed by atoms with Gasteiger partial charge in [-0.15, -0.1) is 0 Å². The molecule has 0 unspecified atom stereocenters. The number of ether oxygens (including phenoxy) is 2. The third-order valence-electron chi connectivity index (χ3n) is 2.74. The summed E-state index contributed by atoms with van der Waals surface area (Å²) in [6.07, 6.45) is 0. The molecule has 0 saturated heterocycles. The van der Waals surface area contributed by atoms with Crippen LogP contribution in [0.3, 0.4) is 0 Å². The van der Waals surface area contributed by atoms with Gasteiger partial charge in [-0.1, -0.05) is 0 Å². The van der Waals surface area contributed by atoms with Crippen molar-refractivity contribution in [1.29, 1.82) is 0 Å². The number of hydrogen-bond acceptors (Lipinski definition) is 5. The fraction of sp³-hybridized carbons (Fsp3) is 0.429. The third-order valence-corrected chi connectivity index (χ3v) is 2.74. The van der Waals surface area contributed by atoms with E-state index in [9.17, 15) is 0 Å². The molecule has 0 spiro atoms. The van der Waals surface area contributed by atoms with Crippen LogP contribution in [0.1, 0.15) is 32.6 Å². The molecular formula is C14H20N4O2. The Balaban J connectivity index is 2.33. The first-order chi connectivity index (χ1) is 9.65. The monoisotopic (exact) mass is 276 g/mol. The van der Waals surface area contributed by atoms with Crippen molar-refractivity contribution in [3.8, 4) is 22.9 Å². The normalized spacial score (nSPS) is 12.2. The van der Waals surface area contributed by atoms with Crippen LogP contribution in [-0.2, 0) is 0 Å². The van der Waals surface area contributed by atoms with Crippen LogP contribution in [-0.4, -0.2) is 28.4 Å². The van der Waals surface area contributed by atoms with Gasteiger partial charge in [0.15, 0.2) is 17.3 Å². The molecule has 1 aromatic carbocycles. The van der Waals surface area contributed by atoms with Crippen molar-refractivity contribution in [3.63, 3.8) is 0 Å². The number of benzene rings is 1. The van der Waals surface area contributed by atoms with Crippen LogP contribution in [0.25, 0.3) is 11.4 Å². The zero-order valence-electron chi connectivity index (χ0n) is 12.0. The minimum atomic E-state index is -0.176. The molecule has 2 rings (SSSR count). The van der Waals surface area contributed by atoms with E-state index in [0.717, 1.165) is 11.3 Å². The summed E-state index contributed by atoms with van der Waals surface area (Å²) >= 11 is 0. The maximum atomic E-state index is 5.77. The van der Waals surface area contributed by atoms with Gasteiger partial charge in [0.25, 0.3) is 0 Å². The molecule has 0 saturated carbocycles. The average molecular weight is 276 g/mol. The lowest BCUT2D eigenvalue weighted by Gasteiger charge is -2.11. The van der Waals surface area contributed by atoms with Crippen molar-refractivity contribution >= 4 is 0 Å². The molecule has 1 heterocycles. The molecule has 6 heteroatoms. The highest BCUT2D eigenvalue weighted by Gasteiger charge is 2.12. The molecule has 20 heavy (non-hydrogen) atoms. The lowest BCUT2D eigenvalue weighted by Crippen LogP contribution is -2.06. The first kappa shape index (κ1) is 14.3. The summed E-state index contributed by atoms with van der Waals surface area (Å²) in [7, 11) is 0. The smallest absolute Gasteiger partial charge is 0.181 e. The topological polar surface area (TPSA) is 86.0 Å². The molecule has 0 fully saturated rings. The maximum absolute atomic E-state index is 5.77. The quantitative estimate of drug-likeness (QED) is 0.845. The van der Waals surface area contributed by atoms with Gasteiger partial charge >= 0.3 is 0 Å². The predicted molar refractivity (Wildman–Crippen MR) is 76.8 cm³/mol. The summed E-state index contributed by atoms with van der Waals surface area (Å²) in [5.74, 6) is 2.67. The van der Waals surface area contributed by atoms with E-state index in [2.05, 4.69) is 15.2 Å². The minimum Gasteiger partial charge on any atom is -0.490 e. The Kier molecular flexibility index (Phi) is 4.57. The molecule has 3 N–H and O–H groups in total. The van der Waals surface area contributed by atoms with Crippen LogP contribution >= 0.6 is 0 Å². The van der Waals surface area contributed by atoms with Gasteiger partial charge in [0.2, 0.25) is 0 Å².